The molecule has 0 saturated heterocycles. The predicted octanol–water partition coefficient (Wildman–Crippen LogP) is 18.1. The van der Waals surface area contributed by atoms with E-state index in [-0.39, 0.29) is 31.1 Å². The third kappa shape index (κ3) is 51.3. The van der Waals surface area contributed by atoms with Crippen LogP contribution < -0.4 is 0 Å². The number of carbonyl (C=O) groups excluding carboxylic acids is 3. The van der Waals surface area contributed by atoms with E-state index in [1.165, 1.54) is 83.5 Å². The Morgan fingerprint density at radius 2 is 0.591 bits per heavy atom. The second-order valence-electron chi connectivity index (χ2n) is 17.8. The minimum Gasteiger partial charge on any atom is -0.462 e. The molecule has 0 aromatic carbocycles. The van der Waals surface area contributed by atoms with Gasteiger partial charge in [0.15, 0.2) is 6.10 Å². The van der Waals surface area contributed by atoms with Crippen molar-refractivity contribution in [2.75, 3.05) is 13.2 Å². The Kier molecular flexibility index (Phi) is 50.9. The molecule has 0 aromatic rings. The molecule has 376 valence electrons. The fourth-order valence-electron chi connectivity index (χ4n) is 7.24. The van der Waals surface area contributed by atoms with Crippen molar-refractivity contribution in [2.45, 2.75) is 252 Å². The fourth-order valence-corrected chi connectivity index (χ4v) is 7.24. The van der Waals surface area contributed by atoms with Crippen molar-refractivity contribution in [1.82, 2.24) is 0 Å². The SMILES string of the molecule is CC/C=C\C/C=C\C/C=C\C/C=C\C/C=C\CCCCCC(=O)OC[C@H](COC(=O)CCCCCC/C=C\C/C=C\C/C=C\CCCCC)OC(=O)CCCCCCCCCCCCCC. The summed E-state index contributed by atoms with van der Waals surface area (Å²) < 4.78 is 16.8. The Labute approximate surface area is 407 Å². The molecule has 0 radical (unpaired) electrons. The summed E-state index contributed by atoms with van der Waals surface area (Å²) in [5.74, 6) is -0.951. The van der Waals surface area contributed by atoms with Gasteiger partial charge in [0.1, 0.15) is 13.2 Å². The van der Waals surface area contributed by atoms with Gasteiger partial charge in [0, 0.05) is 19.3 Å². The van der Waals surface area contributed by atoms with E-state index < -0.39 is 6.10 Å². The summed E-state index contributed by atoms with van der Waals surface area (Å²) in [4.78, 5) is 38.0. The lowest BCUT2D eigenvalue weighted by atomic mass is 10.0. The van der Waals surface area contributed by atoms with Crippen LogP contribution in [0.3, 0.4) is 0 Å². The minimum atomic E-state index is -0.799. The largest absolute Gasteiger partial charge is 0.462 e. The Morgan fingerprint density at radius 3 is 0.970 bits per heavy atom. The molecule has 1 atom stereocenters. The molecule has 0 spiro atoms. The minimum absolute atomic E-state index is 0.0992. The number of rotatable bonds is 48. The van der Waals surface area contributed by atoms with Gasteiger partial charge in [-0.3, -0.25) is 14.4 Å². The third-order valence-electron chi connectivity index (χ3n) is 11.3. The lowest BCUT2D eigenvalue weighted by Crippen LogP contribution is -2.30. The van der Waals surface area contributed by atoms with Gasteiger partial charge >= 0.3 is 17.9 Å². The highest BCUT2D eigenvalue weighted by Gasteiger charge is 2.19. The molecule has 0 heterocycles. The van der Waals surface area contributed by atoms with E-state index >= 15 is 0 Å². The van der Waals surface area contributed by atoms with Gasteiger partial charge in [-0.25, -0.2) is 0 Å². The normalized spacial score (nSPS) is 12.8. The first-order valence-corrected chi connectivity index (χ1v) is 27.2. The molecule has 0 rings (SSSR count). The van der Waals surface area contributed by atoms with E-state index in [9.17, 15) is 14.4 Å². The van der Waals surface area contributed by atoms with E-state index in [1.807, 2.05) is 0 Å². The standard InChI is InChI=1S/C60H100O6/c1-4-7-10-13-16-19-22-25-27-29-30-32-34-36-39-41-44-47-50-53-59(62)65-56-57(66-60(63)54-51-48-45-42-37-24-21-18-15-12-9-6-3)55-64-58(61)52-49-46-43-40-38-35-33-31-28-26-23-20-17-14-11-8-5-2/h7,10,16-17,19-20,25-28,30,32-33,35-36,39,57H,4-6,8-9,11-15,18,21-24,29,31,34,37-38,40-56H2,1-3H3/b10-7-,19-16-,20-17-,27-25-,28-26-,32-30-,35-33-,39-36-/t57-/m0/s1. The Morgan fingerprint density at radius 1 is 0.318 bits per heavy atom. The van der Waals surface area contributed by atoms with Gasteiger partial charge in [-0.1, -0.05) is 221 Å². The number of allylic oxidation sites excluding steroid dienone is 16. The first kappa shape index (κ1) is 62.3. The molecule has 0 amide bonds. The predicted molar refractivity (Wildman–Crippen MR) is 284 cm³/mol. The topological polar surface area (TPSA) is 78.9 Å². The molecule has 0 N–H and O–H groups in total. The third-order valence-corrected chi connectivity index (χ3v) is 11.3. The number of esters is 3. The molecule has 0 aliphatic carbocycles. The van der Waals surface area contributed by atoms with E-state index in [2.05, 4.69) is 118 Å². The molecular weight excluding hydrogens is 817 g/mol. The quantitative estimate of drug-likeness (QED) is 0.0262. The van der Waals surface area contributed by atoms with Crippen LogP contribution in [0.1, 0.15) is 245 Å². The van der Waals surface area contributed by atoms with Crippen molar-refractivity contribution < 1.29 is 28.6 Å². The lowest BCUT2D eigenvalue weighted by Gasteiger charge is -2.18. The summed E-state index contributed by atoms with van der Waals surface area (Å²) in [7, 11) is 0. The average Bonchev–Trinajstić information content (AvgIpc) is 3.31. The summed E-state index contributed by atoms with van der Waals surface area (Å²) >= 11 is 0. The van der Waals surface area contributed by atoms with Crippen LogP contribution in [0.25, 0.3) is 0 Å². The van der Waals surface area contributed by atoms with Gasteiger partial charge in [-0.15, -0.1) is 0 Å². The van der Waals surface area contributed by atoms with Crippen LogP contribution in [0, 0.1) is 0 Å². The van der Waals surface area contributed by atoms with E-state index in [0.29, 0.717) is 19.3 Å². The lowest BCUT2D eigenvalue weighted by molar-refractivity contribution is -0.167. The van der Waals surface area contributed by atoms with Gasteiger partial charge in [-0.05, 0) is 103 Å². The van der Waals surface area contributed by atoms with Crippen LogP contribution in [-0.2, 0) is 28.6 Å². The van der Waals surface area contributed by atoms with Crippen molar-refractivity contribution in [3.8, 4) is 0 Å². The van der Waals surface area contributed by atoms with Crippen LogP contribution >= 0.6 is 0 Å². The summed E-state index contributed by atoms with van der Waals surface area (Å²) in [6.07, 6.45) is 71.0. The maximum Gasteiger partial charge on any atom is 0.306 e. The highest BCUT2D eigenvalue weighted by Crippen LogP contribution is 2.14. The van der Waals surface area contributed by atoms with Gasteiger partial charge in [0.25, 0.3) is 0 Å². The first-order valence-electron chi connectivity index (χ1n) is 27.2. The number of hydrogen-bond acceptors (Lipinski definition) is 6. The Balaban J connectivity index is 4.46. The van der Waals surface area contributed by atoms with Crippen molar-refractivity contribution in [1.29, 1.82) is 0 Å². The summed E-state index contributed by atoms with van der Waals surface area (Å²) in [5.41, 5.74) is 0. The number of hydrogen-bond donors (Lipinski definition) is 0. The zero-order chi connectivity index (χ0) is 47.9. The average molecular weight is 917 g/mol. The van der Waals surface area contributed by atoms with Gasteiger partial charge in [0.05, 0.1) is 0 Å². The van der Waals surface area contributed by atoms with E-state index in [1.54, 1.807) is 0 Å². The molecule has 0 aliphatic rings. The highest BCUT2D eigenvalue weighted by molar-refractivity contribution is 5.71. The van der Waals surface area contributed by atoms with Crippen molar-refractivity contribution >= 4 is 17.9 Å². The smallest absolute Gasteiger partial charge is 0.306 e. The van der Waals surface area contributed by atoms with Gasteiger partial charge < -0.3 is 14.2 Å². The van der Waals surface area contributed by atoms with Crippen molar-refractivity contribution in [2.24, 2.45) is 0 Å². The van der Waals surface area contributed by atoms with Gasteiger partial charge in [0.2, 0.25) is 0 Å². The fraction of sp³-hybridized carbons (Fsp3) is 0.683. The molecule has 0 aromatic heterocycles. The second kappa shape index (κ2) is 53.9. The highest BCUT2D eigenvalue weighted by atomic mass is 16.6. The van der Waals surface area contributed by atoms with Crippen LogP contribution in [0.15, 0.2) is 97.2 Å². The summed E-state index contributed by atoms with van der Waals surface area (Å²) in [5, 5.41) is 0. The first-order chi connectivity index (χ1) is 32.5. The van der Waals surface area contributed by atoms with Gasteiger partial charge in [-0.2, -0.15) is 0 Å². The summed E-state index contributed by atoms with van der Waals surface area (Å²) in [6.45, 7) is 6.44. The number of carbonyl (C=O) groups is 3. The maximum atomic E-state index is 12.8. The van der Waals surface area contributed by atoms with Crippen molar-refractivity contribution in [3.05, 3.63) is 97.2 Å². The zero-order valence-corrected chi connectivity index (χ0v) is 42.9. The van der Waals surface area contributed by atoms with Crippen LogP contribution in [0.5, 0.6) is 0 Å². The molecule has 0 unspecified atom stereocenters. The molecule has 66 heavy (non-hydrogen) atoms. The van der Waals surface area contributed by atoms with Crippen LogP contribution in [0.2, 0.25) is 0 Å². The van der Waals surface area contributed by atoms with Crippen LogP contribution in [-0.4, -0.2) is 37.2 Å². The maximum absolute atomic E-state index is 12.8. The Hall–Kier alpha value is -3.67. The molecule has 0 bridgehead atoms. The zero-order valence-electron chi connectivity index (χ0n) is 42.9. The monoisotopic (exact) mass is 917 g/mol. The number of ether oxygens (including phenoxy) is 3. The molecule has 0 aliphatic heterocycles. The molecule has 0 saturated carbocycles. The molecule has 6 heteroatoms. The van der Waals surface area contributed by atoms with E-state index in [4.69, 9.17) is 14.2 Å². The van der Waals surface area contributed by atoms with E-state index in [0.717, 1.165) is 122 Å². The van der Waals surface area contributed by atoms with Crippen LogP contribution in [0.4, 0.5) is 0 Å². The molecular formula is C60H100O6. The molecule has 6 nitrogen and oxygen atoms in total. The Bertz CT molecular complexity index is 1330. The molecule has 0 fully saturated rings. The van der Waals surface area contributed by atoms with Crippen molar-refractivity contribution in [3.63, 3.8) is 0 Å². The number of unbranched alkanes of at least 4 members (excludes halogenated alkanes) is 21. The summed E-state index contributed by atoms with van der Waals surface area (Å²) in [6, 6.07) is 0. The second-order valence-corrected chi connectivity index (χ2v) is 17.8.